The molecule has 0 spiro atoms. The van der Waals surface area contributed by atoms with E-state index in [2.05, 4.69) is 5.28 Å². The van der Waals surface area contributed by atoms with Crippen LogP contribution in [0.3, 0.4) is 0 Å². The van der Waals surface area contributed by atoms with Crippen LogP contribution < -0.4 is 0 Å². The number of aliphatic hydroxyl groups excluding tert-OH is 3. The predicted molar refractivity (Wildman–Crippen MR) is 66.5 cm³/mol. The molecular formula is C11H21N3O7. The summed E-state index contributed by atoms with van der Waals surface area (Å²) in [7, 11) is 1.40. The molecule has 2 saturated heterocycles. The van der Waals surface area contributed by atoms with Gasteiger partial charge in [0.2, 0.25) is 5.28 Å². The van der Waals surface area contributed by atoms with Gasteiger partial charge in [-0.25, -0.2) is 0 Å². The van der Waals surface area contributed by atoms with Gasteiger partial charge in [-0.3, -0.25) is 0 Å². The number of hydrazine groups is 1. The predicted octanol–water partition coefficient (Wildman–Crippen LogP) is -1.65. The molecule has 3 N–H and O–H groups in total. The van der Waals surface area contributed by atoms with Crippen LogP contribution in [0.1, 0.15) is 12.8 Å². The van der Waals surface area contributed by atoms with Crippen molar-refractivity contribution in [3.05, 3.63) is 5.21 Å². The summed E-state index contributed by atoms with van der Waals surface area (Å²) in [5.74, 6) is 0. The summed E-state index contributed by atoms with van der Waals surface area (Å²) >= 11 is 0. The molecular weight excluding hydrogens is 286 g/mol. The molecule has 0 amide bonds. The van der Waals surface area contributed by atoms with E-state index in [1.54, 1.807) is 0 Å². The van der Waals surface area contributed by atoms with Crippen LogP contribution in [0.25, 0.3) is 0 Å². The van der Waals surface area contributed by atoms with Crippen LogP contribution >= 0.6 is 0 Å². The highest BCUT2D eigenvalue weighted by Gasteiger charge is 2.45. The molecule has 10 nitrogen and oxygen atoms in total. The summed E-state index contributed by atoms with van der Waals surface area (Å²) < 4.78 is 10.1. The Hall–Kier alpha value is -1.20. The number of aliphatic hydroxyl groups is 3. The van der Waals surface area contributed by atoms with Crippen molar-refractivity contribution in [2.24, 2.45) is 5.28 Å². The fraction of sp³-hybridized carbons (Fsp3) is 1.00. The molecule has 122 valence electrons. The van der Waals surface area contributed by atoms with Crippen LogP contribution in [0.4, 0.5) is 0 Å². The molecule has 5 atom stereocenters. The summed E-state index contributed by atoms with van der Waals surface area (Å²) in [4.78, 5) is 5.16. The third-order valence-corrected chi connectivity index (χ3v) is 3.54. The van der Waals surface area contributed by atoms with Crippen molar-refractivity contribution in [2.45, 2.75) is 43.5 Å². The molecule has 21 heavy (non-hydrogen) atoms. The van der Waals surface area contributed by atoms with Crippen molar-refractivity contribution in [2.75, 3.05) is 26.8 Å². The van der Waals surface area contributed by atoms with Crippen LogP contribution in [0.2, 0.25) is 0 Å². The van der Waals surface area contributed by atoms with E-state index in [1.165, 1.54) is 12.1 Å². The molecule has 2 fully saturated rings. The molecule has 2 rings (SSSR count). The second-order valence-corrected chi connectivity index (χ2v) is 5.07. The second kappa shape index (κ2) is 7.18. The molecule has 0 aliphatic carbocycles. The molecule has 2 heterocycles. The van der Waals surface area contributed by atoms with Gasteiger partial charge in [0.15, 0.2) is 0 Å². The van der Waals surface area contributed by atoms with Gasteiger partial charge in [0.1, 0.15) is 24.4 Å². The van der Waals surface area contributed by atoms with Crippen LogP contribution in [0, 0.1) is 5.21 Å². The molecule has 2 aliphatic rings. The van der Waals surface area contributed by atoms with E-state index in [4.69, 9.17) is 14.3 Å². The van der Waals surface area contributed by atoms with Gasteiger partial charge in [0.25, 0.3) is 6.29 Å². The Labute approximate surface area is 121 Å². The van der Waals surface area contributed by atoms with Gasteiger partial charge in [0, 0.05) is 7.11 Å². The Balaban J connectivity index is 1.95. The van der Waals surface area contributed by atoms with Gasteiger partial charge in [-0.05, 0) is 12.8 Å². The zero-order valence-electron chi connectivity index (χ0n) is 11.7. The van der Waals surface area contributed by atoms with Gasteiger partial charge in [-0.1, -0.05) is 0 Å². The van der Waals surface area contributed by atoms with E-state index in [0.29, 0.717) is 18.1 Å². The lowest BCUT2D eigenvalue weighted by molar-refractivity contribution is -0.710. The number of nitrogens with zero attached hydrogens (tertiary/aromatic N) is 3. The zero-order valence-corrected chi connectivity index (χ0v) is 11.7. The Morgan fingerprint density at radius 3 is 2.52 bits per heavy atom. The third kappa shape index (κ3) is 3.71. The summed E-state index contributed by atoms with van der Waals surface area (Å²) in [6.07, 6.45) is -4.77. The van der Waals surface area contributed by atoms with E-state index in [0.717, 1.165) is 12.8 Å². The standard InChI is InChI=1S/C11H21N3O7/c1-19-6-7-8(15)9(16)10(17)11(20-7)21-12-14(18)13-4-2-3-5-13/h7-11,15-17H,2-6H2,1H3/t7-,8+,9+,10-,11+/m1/s1. The van der Waals surface area contributed by atoms with Gasteiger partial charge in [-0.2, -0.15) is 0 Å². The minimum absolute atomic E-state index is 0.00196. The minimum Gasteiger partial charge on any atom is -0.569 e. The van der Waals surface area contributed by atoms with Crippen LogP contribution in [-0.2, 0) is 14.3 Å². The Bertz CT molecular complexity index is 364. The summed E-state index contributed by atoms with van der Waals surface area (Å²) in [5.41, 5.74) is 0. The Morgan fingerprint density at radius 2 is 1.90 bits per heavy atom. The van der Waals surface area contributed by atoms with Gasteiger partial charge < -0.3 is 34.8 Å². The number of hydrogen-bond acceptors (Lipinski definition) is 8. The number of methoxy groups -OCH3 is 1. The largest absolute Gasteiger partial charge is 0.569 e. The van der Waals surface area contributed by atoms with Crippen LogP contribution in [0.5, 0.6) is 0 Å². The number of rotatable bonds is 5. The Morgan fingerprint density at radius 1 is 1.24 bits per heavy atom. The first-order valence-electron chi connectivity index (χ1n) is 6.82. The quantitative estimate of drug-likeness (QED) is 0.313. The topological polar surface area (TPSA) is 130 Å². The molecule has 2 aliphatic heterocycles. The van der Waals surface area contributed by atoms with Gasteiger partial charge in [0.05, 0.1) is 24.7 Å². The van der Waals surface area contributed by atoms with Crippen molar-refractivity contribution < 1.29 is 34.6 Å². The van der Waals surface area contributed by atoms with Gasteiger partial charge in [-0.15, -0.1) is 5.01 Å². The molecule has 0 aromatic carbocycles. The lowest BCUT2D eigenvalue weighted by Gasteiger charge is -2.38. The highest BCUT2D eigenvalue weighted by Crippen LogP contribution is 2.22. The molecule has 0 bridgehead atoms. The summed E-state index contributed by atoms with van der Waals surface area (Å²) in [5, 5.41) is 45.6. The average Bonchev–Trinajstić information content (AvgIpc) is 3.01. The van der Waals surface area contributed by atoms with Crippen LogP contribution in [-0.4, -0.2) is 82.8 Å². The first kappa shape index (κ1) is 16.2. The van der Waals surface area contributed by atoms with E-state index in [9.17, 15) is 20.5 Å². The second-order valence-electron chi connectivity index (χ2n) is 5.07. The van der Waals surface area contributed by atoms with Crippen LogP contribution in [0.15, 0.2) is 5.28 Å². The van der Waals surface area contributed by atoms with E-state index >= 15 is 0 Å². The van der Waals surface area contributed by atoms with Crippen molar-refractivity contribution in [1.29, 1.82) is 0 Å². The van der Waals surface area contributed by atoms with E-state index in [-0.39, 0.29) is 6.61 Å². The first-order chi connectivity index (χ1) is 10.0. The monoisotopic (exact) mass is 307 g/mol. The number of ether oxygens (including phenoxy) is 2. The SMILES string of the molecule is COC[C@H]1O[C@@H](ON=[N+]([O-])N2CCCC2)[C@H](O)[C@@H](O)[C@H]1O. The average molecular weight is 307 g/mol. The van der Waals surface area contributed by atoms with E-state index in [1.807, 2.05) is 0 Å². The molecule has 0 unspecified atom stereocenters. The molecule has 0 radical (unpaired) electrons. The van der Waals surface area contributed by atoms with Crippen molar-refractivity contribution in [3.63, 3.8) is 0 Å². The third-order valence-electron chi connectivity index (χ3n) is 3.54. The summed E-state index contributed by atoms with van der Waals surface area (Å²) in [6.45, 7) is 1.16. The lowest BCUT2D eigenvalue weighted by Crippen LogP contribution is -2.59. The molecule has 10 heteroatoms. The normalized spacial score (nSPS) is 37.8. The Kier molecular flexibility index (Phi) is 5.53. The zero-order chi connectivity index (χ0) is 15.4. The highest BCUT2D eigenvalue weighted by molar-refractivity contribution is 4.88. The van der Waals surface area contributed by atoms with Crippen molar-refractivity contribution in [3.8, 4) is 0 Å². The fourth-order valence-corrected chi connectivity index (χ4v) is 2.32. The maximum atomic E-state index is 11.6. The maximum absolute atomic E-state index is 11.6. The first-order valence-corrected chi connectivity index (χ1v) is 6.82. The van der Waals surface area contributed by atoms with Crippen molar-refractivity contribution in [1.82, 2.24) is 5.01 Å². The lowest BCUT2D eigenvalue weighted by atomic mass is 9.99. The highest BCUT2D eigenvalue weighted by atomic mass is 16.8. The van der Waals surface area contributed by atoms with E-state index < -0.39 is 30.7 Å². The molecule has 0 aromatic heterocycles. The van der Waals surface area contributed by atoms with Crippen molar-refractivity contribution >= 4 is 0 Å². The minimum atomic E-state index is -1.52. The number of hydrogen-bond donors (Lipinski definition) is 3. The smallest absolute Gasteiger partial charge is 0.262 e. The molecule has 0 saturated carbocycles. The maximum Gasteiger partial charge on any atom is 0.262 e. The van der Waals surface area contributed by atoms with Gasteiger partial charge >= 0.3 is 0 Å². The fourth-order valence-electron chi connectivity index (χ4n) is 2.32. The molecule has 0 aromatic rings. The summed E-state index contributed by atoms with van der Waals surface area (Å²) in [6, 6.07) is 0.